The van der Waals surface area contributed by atoms with Crippen LogP contribution in [-0.4, -0.2) is 59.8 Å². The van der Waals surface area contributed by atoms with Crippen LogP contribution in [0.25, 0.3) is 0 Å². The van der Waals surface area contributed by atoms with E-state index >= 15 is 0 Å². The quantitative estimate of drug-likeness (QED) is 0.390. The van der Waals surface area contributed by atoms with Crippen molar-refractivity contribution in [2.75, 3.05) is 13.1 Å². The third kappa shape index (κ3) is 7.38. The van der Waals surface area contributed by atoms with E-state index in [-0.39, 0.29) is 29.7 Å². The Kier molecular flexibility index (Phi) is 9.83. The summed E-state index contributed by atoms with van der Waals surface area (Å²) in [6.07, 6.45) is 4.16. The molecule has 4 atom stereocenters. The molecule has 5 N–H and O–H groups in total. The van der Waals surface area contributed by atoms with E-state index in [1.807, 2.05) is 37.3 Å². The Hall–Kier alpha value is -3.31. The summed E-state index contributed by atoms with van der Waals surface area (Å²) in [5.74, 6) is -1.20. The highest BCUT2D eigenvalue weighted by atomic mass is 32.1. The summed E-state index contributed by atoms with van der Waals surface area (Å²) < 4.78 is 0. The van der Waals surface area contributed by atoms with Gasteiger partial charge in [0, 0.05) is 11.9 Å². The van der Waals surface area contributed by atoms with Crippen molar-refractivity contribution in [3.63, 3.8) is 0 Å². The second kappa shape index (κ2) is 13.5. The van der Waals surface area contributed by atoms with Crippen molar-refractivity contribution < 1.29 is 19.2 Å². The Balaban J connectivity index is 1.55. The van der Waals surface area contributed by atoms with Crippen LogP contribution in [0, 0.1) is 0 Å². The molecule has 2 aromatic rings. The lowest BCUT2D eigenvalue weighted by Crippen LogP contribution is -2.55. The SMILES string of the molecule is CC[C@H]1NC(=O)[C@@H](NC(=O)[C@H]2CCCN2)CCCCNC(=O)c2csc(n2)[C@H](Cc2ccccc2)NC1=O. The molecule has 3 heterocycles. The smallest absolute Gasteiger partial charge is 0.270 e. The number of benzene rings is 1. The van der Waals surface area contributed by atoms with Gasteiger partial charge < -0.3 is 26.6 Å². The van der Waals surface area contributed by atoms with Crippen LogP contribution in [0.2, 0.25) is 0 Å². The zero-order chi connectivity index (χ0) is 26.9. The summed E-state index contributed by atoms with van der Waals surface area (Å²) in [6.45, 7) is 3.04. The van der Waals surface area contributed by atoms with E-state index in [4.69, 9.17) is 0 Å². The highest BCUT2D eigenvalue weighted by Gasteiger charge is 2.31. The number of carbonyl (C=O) groups excluding carboxylic acids is 4. The minimum Gasteiger partial charge on any atom is -0.351 e. The van der Waals surface area contributed by atoms with Crippen molar-refractivity contribution in [3.8, 4) is 0 Å². The summed E-state index contributed by atoms with van der Waals surface area (Å²) in [7, 11) is 0. The van der Waals surface area contributed by atoms with E-state index in [9.17, 15) is 19.2 Å². The molecular formula is C27H36N6O4S. The van der Waals surface area contributed by atoms with Crippen molar-refractivity contribution in [1.29, 1.82) is 0 Å². The Bertz CT molecular complexity index is 1120. The molecule has 1 saturated heterocycles. The van der Waals surface area contributed by atoms with Crippen molar-refractivity contribution in [3.05, 3.63) is 52.0 Å². The number of hydrogen-bond donors (Lipinski definition) is 5. The number of nitrogens with one attached hydrogen (secondary N) is 5. The number of aromatic nitrogens is 1. The predicted octanol–water partition coefficient (Wildman–Crippen LogP) is 1.59. The van der Waals surface area contributed by atoms with Gasteiger partial charge in [0.25, 0.3) is 5.91 Å². The molecule has 10 nitrogen and oxygen atoms in total. The van der Waals surface area contributed by atoms with Crippen LogP contribution >= 0.6 is 11.3 Å². The molecule has 0 unspecified atom stereocenters. The van der Waals surface area contributed by atoms with Crippen LogP contribution < -0.4 is 26.6 Å². The van der Waals surface area contributed by atoms with Crippen LogP contribution in [0.15, 0.2) is 35.7 Å². The lowest BCUT2D eigenvalue weighted by Gasteiger charge is -2.25. The van der Waals surface area contributed by atoms with Crippen molar-refractivity contribution in [2.45, 2.75) is 76.0 Å². The van der Waals surface area contributed by atoms with Crippen LogP contribution in [0.1, 0.15) is 72.6 Å². The van der Waals surface area contributed by atoms with E-state index in [1.54, 1.807) is 5.38 Å². The highest BCUT2D eigenvalue weighted by molar-refractivity contribution is 7.09. The number of nitrogens with zero attached hydrogens (tertiary/aromatic N) is 1. The molecule has 0 saturated carbocycles. The molecule has 0 aliphatic carbocycles. The first kappa shape index (κ1) is 27.7. The van der Waals surface area contributed by atoms with Crippen molar-refractivity contribution >= 4 is 35.0 Å². The lowest BCUT2D eigenvalue weighted by atomic mass is 10.0. The van der Waals surface area contributed by atoms with Crippen molar-refractivity contribution in [1.82, 2.24) is 31.6 Å². The maximum Gasteiger partial charge on any atom is 0.270 e. The molecule has 2 aliphatic rings. The maximum absolute atomic E-state index is 13.4. The van der Waals surface area contributed by atoms with Gasteiger partial charge in [0.1, 0.15) is 22.8 Å². The summed E-state index contributed by atoms with van der Waals surface area (Å²) in [4.78, 5) is 56.6. The second-order valence-corrected chi connectivity index (χ2v) is 10.6. The van der Waals surface area contributed by atoms with Crippen LogP contribution in [0.5, 0.6) is 0 Å². The monoisotopic (exact) mass is 540 g/mol. The van der Waals surface area contributed by atoms with Gasteiger partial charge in [-0.3, -0.25) is 19.2 Å². The molecule has 0 spiro atoms. The standard InChI is InChI=1S/C27H36N6O4S/c1-2-18-24(35)32-21(15-17-9-4-3-5-10-17)27-33-22(16-38-27)23(34)29-13-7-6-11-20(26(37)30-18)31-25(36)19-12-8-14-28-19/h3-5,9-10,16,18-21,28H,2,6-8,11-15H2,1H3,(H,29,34)(H,30,37)(H,31,36)(H,32,35)/t18-,19-,20+,21+/m1/s1. The van der Waals surface area contributed by atoms with Gasteiger partial charge >= 0.3 is 0 Å². The Morgan fingerprint density at radius 2 is 1.79 bits per heavy atom. The van der Waals surface area contributed by atoms with E-state index in [0.29, 0.717) is 49.4 Å². The molecule has 4 amide bonds. The van der Waals surface area contributed by atoms with Gasteiger partial charge in [-0.1, -0.05) is 37.3 Å². The molecular weight excluding hydrogens is 504 g/mol. The molecule has 38 heavy (non-hydrogen) atoms. The fraction of sp³-hybridized carbons (Fsp3) is 0.519. The number of thiazole rings is 1. The average molecular weight is 541 g/mol. The largest absolute Gasteiger partial charge is 0.351 e. The zero-order valence-corrected chi connectivity index (χ0v) is 22.4. The summed E-state index contributed by atoms with van der Waals surface area (Å²) in [5.41, 5.74) is 1.33. The second-order valence-electron chi connectivity index (χ2n) is 9.75. The summed E-state index contributed by atoms with van der Waals surface area (Å²) in [5, 5.41) is 17.1. The molecule has 204 valence electrons. The van der Waals surface area contributed by atoms with Gasteiger partial charge in [-0.25, -0.2) is 4.98 Å². The van der Waals surface area contributed by atoms with Gasteiger partial charge in [0.15, 0.2) is 0 Å². The van der Waals surface area contributed by atoms with E-state index in [1.165, 1.54) is 11.3 Å². The summed E-state index contributed by atoms with van der Waals surface area (Å²) >= 11 is 1.32. The minimum atomic E-state index is -0.777. The average Bonchev–Trinajstić information content (AvgIpc) is 3.63. The fourth-order valence-corrected chi connectivity index (χ4v) is 5.56. The van der Waals surface area contributed by atoms with Gasteiger partial charge in [-0.05, 0) is 57.1 Å². The number of amides is 4. The van der Waals surface area contributed by atoms with E-state index in [2.05, 4.69) is 31.6 Å². The molecule has 4 rings (SSSR count). The normalized spacial score (nSPS) is 25.2. The third-order valence-electron chi connectivity index (χ3n) is 6.91. The van der Waals surface area contributed by atoms with Crippen LogP contribution in [0.4, 0.5) is 0 Å². The van der Waals surface area contributed by atoms with E-state index < -0.39 is 18.1 Å². The first-order valence-electron chi connectivity index (χ1n) is 13.4. The van der Waals surface area contributed by atoms with E-state index in [0.717, 1.165) is 24.9 Å². The molecule has 11 heteroatoms. The first-order valence-corrected chi connectivity index (χ1v) is 14.2. The molecule has 2 bridgehead atoms. The van der Waals surface area contributed by atoms with Gasteiger partial charge in [0.2, 0.25) is 17.7 Å². The lowest BCUT2D eigenvalue weighted by molar-refractivity contribution is -0.133. The topological polar surface area (TPSA) is 141 Å². The third-order valence-corrected chi connectivity index (χ3v) is 7.87. The molecule has 1 fully saturated rings. The predicted molar refractivity (Wildman–Crippen MR) is 145 cm³/mol. The van der Waals surface area contributed by atoms with Crippen LogP contribution in [-0.2, 0) is 20.8 Å². The Morgan fingerprint density at radius 1 is 1.00 bits per heavy atom. The zero-order valence-electron chi connectivity index (χ0n) is 21.6. The first-order chi connectivity index (χ1) is 18.4. The van der Waals surface area contributed by atoms with Crippen molar-refractivity contribution in [2.24, 2.45) is 0 Å². The Labute approximate surface area is 226 Å². The fourth-order valence-electron chi connectivity index (χ4n) is 4.71. The molecule has 0 radical (unpaired) electrons. The highest BCUT2D eigenvalue weighted by Crippen LogP contribution is 2.23. The number of fused-ring (bicyclic) bond motifs is 2. The Morgan fingerprint density at radius 3 is 2.53 bits per heavy atom. The number of hydrogen-bond acceptors (Lipinski definition) is 7. The minimum absolute atomic E-state index is 0.204. The van der Waals surface area contributed by atoms with Gasteiger partial charge in [-0.15, -0.1) is 11.3 Å². The molecule has 1 aromatic heterocycles. The maximum atomic E-state index is 13.4. The molecule has 2 aliphatic heterocycles. The summed E-state index contributed by atoms with van der Waals surface area (Å²) in [6, 6.07) is 7.39. The van der Waals surface area contributed by atoms with Gasteiger partial charge in [-0.2, -0.15) is 0 Å². The number of carbonyl (C=O) groups is 4. The molecule has 1 aromatic carbocycles. The van der Waals surface area contributed by atoms with Gasteiger partial charge in [0.05, 0.1) is 12.1 Å². The van der Waals surface area contributed by atoms with Crippen LogP contribution in [0.3, 0.4) is 0 Å². The number of rotatable bonds is 5.